The van der Waals surface area contributed by atoms with Gasteiger partial charge >= 0.3 is 7.82 Å². The van der Waals surface area contributed by atoms with E-state index in [1.165, 1.54) is 17.2 Å². The number of phosphoric acid groups is 1. The average Bonchev–Trinajstić information content (AvgIpc) is 3.22. The van der Waals surface area contributed by atoms with Gasteiger partial charge in [-0.05, 0) is 84.8 Å². The smallest absolute Gasteiger partial charge is 0.506 e. The minimum atomic E-state index is -4.13. The predicted molar refractivity (Wildman–Crippen MR) is 215 cm³/mol. The van der Waals surface area contributed by atoms with E-state index < -0.39 is 7.82 Å². The molecule has 3 rings (SSSR count). The van der Waals surface area contributed by atoms with Crippen molar-refractivity contribution in [2.24, 2.45) is 0 Å². The molecule has 0 radical (unpaired) electrons. The van der Waals surface area contributed by atoms with Crippen LogP contribution >= 0.6 is 16.9 Å². The van der Waals surface area contributed by atoms with Crippen LogP contribution in [0.1, 0.15) is 123 Å². The zero-order chi connectivity index (χ0) is 37.9. The van der Waals surface area contributed by atoms with Crippen LogP contribution in [0.3, 0.4) is 0 Å². The Morgan fingerprint density at radius 2 is 1.50 bits per heavy atom. The number of phenolic OH excluding ortho intramolecular Hbond substituents is 1. The van der Waals surface area contributed by atoms with Crippen LogP contribution in [0.25, 0.3) is 0 Å². The van der Waals surface area contributed by atoms with Gasteiger partial charge in [0.05, 0.1) is 36.8 Å². The molecule has 1 atom stereocenters. The van der Waals surface area contributed by atoms with Gasteiger partial charge in [-0.1, -0.05) is 81.0 Å². The molecular weight excluding hydrogens is 698 g/mol. The highest BCUT2D eigenvalue weighted by atomic mass is 31.2. The van der Waals surface area contributed by atoms with E-state index in [4.69, 9.17) is 22.6 Å². The van der Waals surface area contributed by atoms with E-state index in [1.807, 2.05) is 19.9 Å². The Bertz CT molecular complexity index is 1570. The molecule has 0 bridgehead atoms. The lowest BCUT2D eigenvalue weighted by molar-refractivity contribution is 0.0990. The van der Waals surface area contributed by atoms with Gasteiger partial charge in [-0.25, -0.2) is 4.57 Å². The third kappa shape index (κ3) is 14.0. The number of benzene rings is 2. The summed E-state index contributed by atoms with van der Waals surface area (Å²) >= 11 is 0. The number of anilines is 3. The summed E-state index contributed by atoms with van der Waals surface area (Å²) in [6.45, 7) is 15.7. The number of hydrogen-bond acceptors (Lipinski definition) is 9. The van der Waals surface area contributed by atoms with Crippen LogP contribution < -0.4 is 19.3 Å². The van der Waals surface area contributed by atoms with Gasteiger partial charge in [-0.15, -0.1) is 0 Å². The molecule has 2 aromatic carbocycles. The van der Waals surface area contributed by atoms with Gasteiger partial charge in [0.2, 0.25) is 9.03 Å². The lowest BCUT2D eigenvalue weighted by atomic mass is 10.1. The van der Waals surface area contributed by atoms with Crippen molar-refractivity contribution in [2.45, 2.75) is 113 Å². The quantitative estimate of drug-likeness (QED) is 0.0467. The van der Waals surface area contributed by atoms with Gasteiger partial charge in [0, 0.05) is 18.7 Å². The number of nitrogens with zero attached hydrogens (tertiary/aromatic N) is 1. The molecule has 2 N–H and O–H groups in total. The molecule has 10 nitrogen and oxygen atoms in total. The van der Waals surface area contributed by atoms with E-state index in [1.54, 1.807) is 29.2 Å². The van der Waals surface area contributed by atoms with Crippen LogP contribution in [0.5, 0.6) is 17.2 Å². The first-order valence-corrected chi connectivity index (χ1v) is 20.9. The van der Waals surface area contributed by atoms with Crippen molar-refractivity contribution in [3.05, 3.63) is 70.8 Å². The van der Waals surface area contributed by atoms with Gasteiger partial charge in [-0.2, -0.15) is 0 Å². The molecule has 0 fully saturated rings. The Morgan fingerprint density at radius 3 is 2.15 bits per heavy atom. The summed E-state index contributed by atoms with van der Waals surface area (Å²) in [7, 11) is -4.44. The number of unbranched alkanes of at least 4 members (excludes halogenated alkanes) is 3. The summed E-state index contributed by atoms with van der Waals surface area (Å²) in [5.41, 5.74) is 5.04. The van der Waals surface area contributed by atoms with E-state index >= 15 is 0 Å². The summed E-state index contributed by atoms with van der Waals surface area (Å²) in [5, 5.41) is 14.2. The molecule has 0 saturated carbocycles. The third-order valence-corrected chi connectivity index (χ3v) is 10.4. The molecule has 0 spiro atoms. The number of aromatic hydroxyl groups is 1. The Balaban J connectivity index is 2.06. The van der Waals surface area contributed by atoms with E-state index in [2.05, 4.69) is 52.1 Å². The second-order valence-corrected chi connectivity index (χ2v) is 15.6. The molecule has 1 unspecified atom stereocenters. The lowest BCUT2D eigenvalue weighted by Gasteiger charge is -2.25. The van der Waals surface area contributed by atoms with Crippen molar-refractivity contribution in [3.8, 4) is 17.2 Å². The zero-order valence-corrected chi connectivity index (χ0v) is 34.1. The molecule has 1 heterocycles. The van der Waals surface area contributed by atoms with Crippen molar-refractivity contribution in [2.75, 3.05) is 36.6 Å². The highest BCUT2D eigenvalue weighted by Gasteiger charge is 2.35. The number of allylic oxidation sites excluding steroid dienone is 5. The summed E-state index contributed by atoms with van der Waals surface area (Å²) in [6.07, 6.45) is 15.3. The third-order valence-electron chi connectivity index (χ3n) is 8.38. The summed E-state index contributed by atoms with van der Waals surface area (Å²) < 4.78 is 43.7. The number of fused-ring (bicyclic) bond motifs is 2. The van der Waals surface area contributed by atoms with Gasteiger partial charge in [0.15, 0.2) is 5.75 Å². The minimum absolute atomic E-state index is 0.0884. The Morgan fingerprint density at radius 1 is 0.865 bits per heavy atom. The standard InChI is InChI=1S/C40H60N2O8P2/c1-8-11-25-46-51-49-33-28-35-39(37(29-33)50-52(45,47-26-12-9-2)48-27-13-10-3)41-38-34(21-16-22-36(38)43)40(44)42(35)24-23-32(7)20-15-19-31(6)18-14-17-30(4)5/h16-17,19,21-23,28-29,41,43,51H,8-15,18,20,24-27H2,1-7H3/b31-19+,32-23+. The van der Waals surface area contributed by atoms with Crippen molar-refractivity contribution in [1.29, 1.82) is 0 Å². The van der Waals surface area contributed by atoms with Crippen LogP contribution in [-0.4, -0.2) is 37.4 Å². The SMILES string of the molecule is CCCCOPOc1cc(OP(=O)(OCCCC)OCCCC)c2c(c1)N(C/C=C(\C)CC/C=C(\C)CCC=C(C)C)C(=O)c1cccc(O)c1N2. The summed E-state index contributed by atoms with van der Waals surface area (Å²) in [4.78, 5) is 15.9. The number of hydrogen-bond donors (Lipinski definition) is 2. The molecule has 1 amide bonds. The molecule has 52 heavy (non-hydrogen) atoms. The number of phenols is 1. The molecule has 2 aromatic rings. The molecular formula is C40H60N2O8P2. The van der Waals surface area contributed by atoms with Gasteiger partial charge in [0.25, 0.3) is 5.91 Å². The first-order valence-electron chi connectivity index (χ1n) is 18.7. The number of para-hydroxylation sites is 1. The van der Waals surface area contributed by atoms with Crippen molar-refractivity contribution in [1.82, 2.24) is 0 Å². The van der Waals surface area contributed by atoms with E-state index in [0.717, 1.165) is 56.9 Å². The average molecular weight is 759 g/mol. The minimum Gasteiger partial charge on any atom is -0.506 e. The molecule has 0 aromatic heterocycles. The van der Waals surface area contributed by atoms with E-state index in [9.17, 15) is 14.5 Å². The fraction of sp³-hybridized carbons (Fsp3) is 0.525. The second-order valence-electron chi connectivity index (χ2n) is 13.3. The van der Waals surface area contributed by atoms with Crippen molar-refractivity contribution in [3.63, 3.8) is 0 Å². The Hall–Kier alpha value is -3.13. The molecule has 0 saturated heterocycles. The topological polar surface area (TPSA) is 116 Å². The second kappa shape index (κ2) is 22.8. The van der Waals surface area contributed by atoms with E-state index in [0.29, 0.717) is 36.6 Å². The van der Waals surface area contributed by atoms with Crippen LogP contribution in [0.4, 0.5) is 17.1 Å². The number of carbonyl (C=O) groups is 1. The van der Waals surface area contributed by atoms with Crippen molar-refractivity contribution < 1.29 is 37.1 Å². The monoisotopic (exact) mass is 758 g/mol. The normalized spacial score (nSPS) is 13.5. The van der Waals surface area contributed by atoms with Crippen LogP contribution in [-0.2, 0) is 18.1 Å². The summed E-state index contributed by atoms with van der Waals surface area (Å²) in [6, 6.07) is 8.12. The largest absolute Gasteiger partial charge is 0.530 e. The zero-order valence-electron chi connectivity index (χ0n) is 32.2. The fourth-order valence-corrected chi connectivity index (χ4v) is 7.00. The van der Waals surface area contributed by atoms with Gasteiger partial charge in [0.1, 0.15) is 17.2 Å². The molecule has 288 valence electrons. The van der Waals surface area contributed by atoms with E-state index in [-0.39, 0.29) is 57.5 Å². The lowest BCUT2D eigenvalue weighted by Crippen LogP contribution is -2.30. The highest BCUT2D eigenvalue weighted by Crippen LogP contribution is 2.55. The first kappa shape index (κ1) is 43.3. The molecule has 0 aliphatic carbocycles. The number of phosphoric ester groups is 1. The number of carbonyl (C=O) groups excluding carboxylic acids is 1. The molecule has 1 aliphatic rings. The van der Waals surface area contributed by atoms with Crippen molar-refractivity contribution >= 4 is 39.8 Å². The maximum atomic E-state index is 14.3. The Labute approximate surface area is 313 Å². The fourth-order valence-electron chi connectivity index (χ4n) is 5.23. The molecule has 1 aliphatic heterocycles. The maximum Gasteiger partial charge on any atom is 0.530 e. The first-order chi connectivity index (χ1) is 25.0. The van der Waals surface area contributed by atoms with Gasteiger partial charge in [-0.3, -0.25) is 13.8 Å². The highest BCUT2D eigenvalue weighted by molar-refractivity contribution is 7.48. The number of nitrogens with one attached hydrogen (secondary N) is 1. The van der Waals surface area contributed by atoms with Crippen LogP contribution in [0, 0.1) is 0 Å². The number of rotatable bonds is 24. The molecule has 12 heteroatoms. The Kier molecular flexibility index (Phi) is 19.0. The van der Waals surface area contributed by atoms with Crippen LogP contribution in [0.2, 0.25) is 0 Å². The predicted octanol–water partition coefficient (Wildman–Crippen LogP) is 12.3. The van der Waals surface area contributed by atoms with Crippen LogP contribution in [0.15, 0.2) is 65.3 Å². The van der Waals surface area contributed by atoms with Gasteiger partial charge < -0.3 is 28.9 Å². The number of amides is 1. The maximum absolute atomic E-state index is 14.3. The summed E-state index contributed by atoms with van der Waals surface area (Å²) in [5.74, 6) is -0.00901.